The van der Waals surface area contributed by atoms with E-state index in [9.17, 15) is 0 Å². The molecule has 0 unspecified atom stereocenters. The van der Waals surface area contributed by atoms with Crippen LogP contribution in [0.2, 0.25) is 5.02 Å². The van der Waals surface area contributed by atoms with Crippen LogP contribution in [-0.2, 0) is 11.3 Å². The summed E-state index contributed by atoms with van der Waals surface area (Å²) in [6.07, 6.45) is 3.68. The number of imidazole rings is 1. The van der Waals surface area contributed by atoms with Gasteiger partial charge in [0.25, 0.3) is 0 Å². The van der Waals surface area contributed by atoms with Gasteiger partial charge in [-0.25, -0.2) is 4.98 Å². The van der Waals surface area contributed by atoms with E-state index in [1.54, 1.807) is 0 Å². The molecule has 0 spiro atoms. The summed E-state index contributed by atoms with van der Waals surface area (Å²) in [4.78, 5) is 14.8. The van der Waals surface area contributed by atoms with Crippen LogP contribution in [0.1, 0.15) is 17.6 Å². The first-order valence-electron chi connectivity index (χ1n) is 8.32. The summed E-state index contributed by atoms with van der Waals surface area (Å²) in [6, 6.07) is 13.8. The standard InChI is InChI=1S/C19H19ClN4O/c20-15-5-3-4-14(10-15)17-11-22-19(23-17)18-13-25-9-8-24(18)12-16-6-1-2-7-21-16/h1-7,10-11,18H,8-9,12-13H2,(H,22,23)/t18-/m0/s1. The number of nitrogens with one attached hydrogen (secondary N) is 1. The number of hydrogen-bond donors (Lipinski definition) is 1. The van der Waals surface area contributed by atoms with Crippen molar-refractivity contribution < 1.29 is 4.74 Å². The fourth-order valence-electron chi connectivity index (χ4n) is 3.09. The number of H-pyrrole nitrogens is 1. The molecule has 0 bridgehead atoms. The molecule has 0 saturated carbocycles. The van der Waals surface area contributed by atoms with Gasteiger partial charge in [0.2, 0.25) is 0 Å². The lowest BCUT2D eigenvalue weighted by molar-refractivity contribution is -0.0161. The molecule has 4 rings (SSSR count). The highest BCUT2D eigenvalue weighted by molar-refractivity contribution is 6.30. The lowest BCUT2D eigenvalue weighted by Gasteiger charge is -2.34. The van der Waals surface area contributed by atoms with Gasteiger partial charge in [-0.3, -0.25) is 9.88 Å². The highest BCUT2D eigenvalue weighted by Gasteiger charge is 2.27. The predicted octanol–water partition coefficient (Wildman–Crippen LogP) is 3.70. The van der Waals surface area contributed by atoms with Crippen molar-refractivity contribution in [2.75, 3.05) is 19.8 Å². The first-order valence-corrected chi connectivity index (χ1v) is 8.70. The molecule has 1 aliphatic heterocycles. The summed E-state index contributed by atoms with van der Waals surface area (Å²) in [5.74, 6) is 0.908. The molecule has 25 heavy (non-hydrogen) atoms. The molecular formula is C19H19ClN4O. The Kier molecular flexibility index (Phi) is 4.78. The Hall–Kier alpha value is -2.21. The zero-order valence-electron chi connectivity index (χ0n) is 13.7. The van der Waals surface area contributed by atoms with Crippen LogP contribution in [0, 0.1) is 0 Å². The van der Waals surface area contributed by atoms with Gasteiger partial charge in [-0.05, 0) is 24.3 Å². The van der Waals surface area contributed by atoms with E-state index < -0.39 is 0 Å². The minimum absolute atomic E-state index is 0.0868. The average Bonchev–Trinajstić information content (AvgIpc) is 3.13. The van der Waals surface area contributed by atoms with Crippen molar-refractivity contribution in [3.05, 3.63) is 71.4 Å². The summed E-state index contributed by atoms with van der Waals surface area (Å²) in [5.41, 5.74) is 3.04. The van der Waals surface area contributed by atoms with Gasteiger partial charge >= 0.3 is 0 Å². The third-order valence-corrected chi connectivity index (χ3v) is 4.61. The van der Waals surface area contributed by atoms with E-state index in [1.165, 1.54) is 0 Å². The Labute approximate surface area is 151 Å². The fourth-order valence-corrected chi connectivity index (χ4v) is 3.28. The molecule has 1 atom stereocenters. The second-order valence-corrected chi connectivity index (χ2v) is 6.51. The normalized spacial score (nSPS) is 18.4. The van der Waals surface area contributed by atoms with E-state index in [4.69, 9.17) is 16.3 Å². The highest BCUT2D eigenvalue weighted by atomic mass is 35.5. The largest absolute Gasteiger partial charge is 0.378 e. The Morgan fingerprint density at radius 2 is 2.16 bits per heavy atom. The van der Waals surface area contributed by atoms with Crippen LogP contribution < -0.4 is 0 Å². The Bertz CT molecular complexity index is 836. The zero-order chi connectivity index (χ0) is 17.1. The summed E-state index contributed by atoms with van der Waals surface area (Å²) in [7, 11) is 0. The molecule has 2 aromatic heterocycles. The number of benzene rings is 1. The van der Waals surface area contributed by atoms with Gasteiger partial charge in [0.1, 0.15) is 5.82 Å². The Morgan fingerprint density at radius 1 is 1.20 bits per heavy atom. The maximum atomic E-state index is 6.09. The monoisotopic (exact) mass is 354 g/mol. The van der Waals surface area contributed by atoms with Gasteiger partial charge in [0, 0.05) is 29.9 Å². The molecule has 5 nitrogen and oxygen atoms in total. The summed E-state index contributed by atoms with van der Waals surface area (Å²) in [5, 5.41) is 0.714. The molecule has 1 saturated heterocycles. The van der Waals surface area contributed by atoms with Crippen molar-refractivity contribution >= 4 is 11.6 Å². The zero-order valence-corrected chi connectivity index (χ0v) is 14.5. The second-order valence-electron chi connectivity index (χ2n) is 6.07. The van der Waals surface area contributed by atoms with Crippen LogP contribution >= 0.6 is 11.6 Å². The van der Waals surface area contributed by atoms with E-state index in [1.807, 2.05) is 54.9 Å². The molecule has 3 heterocycles. The van der Waals surface area contributed by atoms with Crippen molar-refractivity contribution in [2.45, 2.75) is 12.6 Å². The summed E-state index contributed by atoms with van der Waals surface area (Å²) < 4.78 is 5.70. The van der Waals surface area contributed by atoms with Crippen molar-refractivity contribution in [3.63, 3.8) is 0 Å². The van der Waals surface area contributed by atoms with Crippen LogP contribution in [0.25, 0.3) is 11.3 Å². The number of aromatic amines is 1. The molecule has 0 aliphatic carbocycles. The molecule has 6 heteroatoms. The minimum Gasteiger partial charge on any atom is -0.378 e. The molecule has 0 amide bonds. The smallest absolute Gasteiger partial charge is 0.126 e. The van der Waals surface area contributed by atoms with E-state index in [2.05, 4.69) is 19.9 Å². The summed E-state index contributed by atoms with van der Waals surface area (Å²) in [6.45, 7) is 2.98. The van der Waals surface area contributed by atoms with Gasteiger partial charge in [-0.15, -0.1) is 0 Å². The highest BCUT2D eigenvalue weighted by Crippen LogP contribution is 2.27. The number of nitrogens with zero attached hydrogens (tertiary/aromatic N) is 3. The molecule has 128 valence electrons. The quantitative estimate of drug-likeness (QED) is 0.776. The topological polar surface area (TPSA) is 54.0 Å². The van der Waals surface area contributed by atoms with Gasteiger partial charge < -0.3 is 9.72 Å². The number of pyridine rings is 1. The van der Waals surface area contributed by atoms with Crippen molar-refractivity contribution in [2.24, 2.45) is 0 Å². The van der Waals surface area contributed by atoms with Crippen LogP contribution in [-0.4, -0.2) is 39.6 Å². The third kappa shape index (κ3) is 3.74. The molecule has 3 aromatic rings. The first-order chi connectivity index (χ1) is 12.3. The van der Waals surface area contributed by atoms with Gasteiger partial charge in [-0.2, -0.15) is 0 Å². The van der Waals surface area contributed by atoms with Gasteiger partial charge in [0.15, 0.2) is 0 Å². The number of rotatable bonds is 4. The number of aromatic nitrogens is 3. The van der Waals surface area contributed by atoms with E-state index >= 15 is 0 Å². The molecule has 1 aliphatic rings. The fraction of sp³-hybridized carbons (Fsp3) is 0.263. The number of morpholine rings is 1. The Morgan fingerprint density at radius 3 is 3.00 bits per heavy atom. The first kappa shape index (κ1) is 16.3. The van der Waals surface area contributed by atoms with Gasteiger partial charge in [-0.1, -0.05) is 29.8 Å². The SMILES string of the molecule is Clc1cccc(-c2cnc([C@@H]3COCCN3Cc3ccccn3)[nH]2)c1. The van der Waals surface area contributed by atoms with Crippen molar-refractivity contribution in [1.29, 1.82) is 0 Å². The summed E-state index contributed by atoms with van der Waals surface area (Å²) >= 11 is 6.09. The molecule has 1 fully saturated rings. The van der Waals surface area contributed by atoms with E-state index in [0.29, 0.717) is 11.6 Å². The van der Waals surface area contributed by atoms with Crippen LogP contribution in [0.5, 0.6) is 0 Å². The predicted molar refractivity (Wildman–Crippen MR) is 97.2 cm³/mol. The van der Waals surface area contributed by atoms with Crippen LogP contribution in [0.3, 0.4) is 0 Å². The number of ether oxygens (including phenoxy) is 1. The molecule has 1 aromatic carbocycles. The van der Waals surface area contributed by atoms with Crippen LogP contribution in [0.15, 0.2) is 54.9 Å². The van der Waals surface area contributed by atoms with E-state index in [-0.39, 0.29) is 6.04 Å². The van der Waals surface area contributed by atoms with Gasteiger partial charge in [0.05, 0.1) is 36.8 Å². The molecule has 1 N–H and O–H groups in total. The maximum Gasteiger partial charge on any atom is 0.126 e. The molecular weight excluding hydrogens is 336 g/mol. The number of halogens is 1. The lowest BCUT2D eigenvalue weighted by Crippen LogP contribution is -2.39. The average molecular weight is 355 g/mol. The maximum absolute atomic E-state index is 6.09. The Balaban J connectivity index is 1.57. The second kappa shape index (κ2) is 7.35. The third-order valence-electron chi connectivity index (χ3n) is 4.38. The van der Waals surface area contributed by atoms with Crippen molar-refractivity contribution in [1.82, 2.24) is 19.9 Å². The van der Waals surface area contributed by atoms with Crippen LogP contribution in [0.4, 0.5) is 0 Å². The van der Waals surface area contributed by atoms with Crippen molar-refractivity contribution in [3.8, 4) is 11.3 Å². The lowest BCUT2D eigenvalue weighted by atomic mass is 10.2. The van der Waals surface area contributed by atoms with E-state index in [0.717, 1.165) is 42.5 Å². The molecule has 0 radical (unpaired) electrons. The minimum atomic E-state index is 0.0868. The number of hydrogen-bond acceptors (Lipinski definition) is 4.